The van der Waals surface area contributed by atoms with Gasteiger partial charge in [0.2, 0.25) is 0 Å². The van der Waals surface area contributed by atoms with E-state index in [9.17, 15) is 18.4 Å². The van der Waals surface area contributed by atoms with E-state index in [4.69, 9.17) is 4.74 Å². The second-order valence-corrected chi connectivity index (χ2v) is 7.84. The van der Waals surface area contributed by atoms with Crippen molar-refractivity contribution in [1.82, 2.24) is 19.2 Å². The maximum atomic E-state index is 14.9. The third-order valence-electron chi connectivity index (χ3n) is 5.19. The van der Waals surface area contributed by atoms with Crippen molar-refractivity contribution in [1.29, 1.82) is 0 Å². The van der Waals surface area contributed by atoms with Gasteiger partial charge in [0.05, 0.1) is 18.2 Å². The molecule has 0 aliphatic rings. The molecule has 0 saturated heterocycles. The van der Waals surface area contributed by atoms with E-state index in [1.54, 1.807) is 39.9 Å². The fourth-order valence-corrected chi connectivity index (χ4v) is 3.47. The lowest BCUT2D eigenvalue weighted by Crippen LogP contribution is -2.29. The van der Waals surface area contributed by atoms with Crippen LogP contribution in [0, 0.1) is 11.6 Å². The average molecular weight is 488 g/mol. The molecular formula is C25H18F2N6O3. The summed E-state index contributed by atoms with van der Waals surface area (Å²) in [6, 6.07) is 12.1. The number of aromatic nitrogens is 4. The molecule has 5 aromatic rings. The zero-order valence-electron chi connectivity index (χ0n) is 18.8. The molecule has 36 heavy (non-hydrogen) atoms. The Hall–Kier alpha value is -5.06. The second-order valence-electron chi connectivity index (χ2n) is 7.84. The van der Waals surface area contributed by atoms with Crippen LogP contribution in [-0.2, 0) is 16.6 Å². The minimum atomic E-state index is -1.02. The first-order chi connectivity index (χ1) is 17.4. The largest absolute Gasteiger partial charge is 0.452 e. The Bertz CT molecular complexity index is 1590. The number of nitrogens with one attached hydrogen (secondary N) is 2. The molecule has 2 amide bonds. The highest BCUT2D eigenvalue weighted by atomic mass is 19.1. The summed E-state index contributed by atoms with van der Waals surface area (Å²) in [7, 11) is 1.85. The number of imidazole rings is 1. The van der Waals surface area contributed by atoms with E-state index in [1.807, 2.05) is 13.2 Å². The molecule has 0 aliphatic carbocycles. The highest BCUT2D eigenvalue weighted by molar-refractivity contribution is 6.43. The quantitative estimate of drug-likeness (QED) is 0.358. The van der Waals surface area contributed by atoms with Gasteiger partial charge in [-0.05, 0) is 48.5 Å². The summed E-state index contributed by atoms with van der Waals surface area (Å²) in [6.45, 7) is 0. The zero-order chi connectivity index (χ0) is 25.2. The van der Waals surface area contributed by atoms with Crippen LogP contribution in [0.25, 0.3) is 16.8 Å². The number of rotatable bonds is 5. The van der Waals surface area contributed by atoms with E-state index in [1.165, 1.54) is 24.3 Å². The number of aryl methyl sites for hydroxylation is 1. The Morgan fingerprint density at radius 2 is 1.61 bits per heavy atom. The summed E-state index contributed by atoms with van der Waals surface area (Å²) in [4.78, 5) is 28.6. The first kappa shape index (κ1) is 22.7. The van der Waals surface area contributed by atoms with Crippen LogP contribution in [0.2, 0.25) is 0 Å². The van der Waals surface area contributed by atoms with Crippen LogP contribution >= 0.6 is 0 Å². The molecule has 11 heteroatoms. The van der Waals surface area contributed by atoms with Gasteiger partial charge in [0.15, 0.2) is 17.3 Å². The lowest BCUT2D eigenvalue weighted by Gasteiger charge is -2.12. The Kier molecular flexibility index (Phi) is 5.87. The number of carbonyl (C=O) groups excluding carboxylic acids is 2. The van der Waals surface area contributed by atoms with Crippen LogP contribution in [0.1, 0.15) is 0 Å². The number of anilines is 2. The van der Waals surface area contributed by atoms with Crippen LogP contribution in [0.4, 0.5) is 20.2 Å². The van der Waals surface area contributed by atoms with Crippen molar-refractivity contribution in [3.8, 4) is 22.8 Å². The van der Waals surface area contributed by atoms with E-state index in [0.717, 1.165) is 23.8 Å². The molecular weight excluding hydrogens is 470 g/mol. The van der Waals surface area contributed by atoms with Gasteiger partial charge in [-0.25, -0.2) is 18.3 Å². The Morgan fingerprint density at radius 1 is 0.889 bits per heavy atom. The summed E-state index contributed by atoms with van der Waals surface area (Å²) in [5.74, 6) is -2.98. The zero-order valence-corrected chi connectivity index (χ0v) is 18.8. The molecule has 0 aliphatic heterocycles. The third-order valence-corrected chi connectivity index (χ3v) is 5.19. The number of hydrogen-bond acceptors (Lipinski definition) is 5. The lowest BCUT2D eigenvalue weighted by atomic mass is 10.2. The molecule has 0 radical (unpaired) electrons. The van der Waals surface area contributed by atoms with E-state index < -0.39 is 23.4 Å². The standard InChI is InChI=1S/C25H18F2N6O3/c1-32-13-20(28-14-32)15-10-23(21-8-9-29-33(21)12-15)36-22-7-6-18(11-19(22)27)31-25(35)24(34)30-17-4-2-16(26)3-5-17/h2-14H,1H3,(H,30,34)(H,31,35). The SMILES string of the molecule is Cn1cnc(-c2cc(Oc3ccc(NC(=O)C(=O)Nc4ccc(F)cc4)cc3F)c3ccnn3c2)c1. The highest BCUT2D eigenvalue weighted by Crippen LogP contribution is 2.32. The van der Waals surface area contributed by atoms with Crippen molar-refractivity contribution >= 4 is 28.7 Å². The first-order valence-electron chi connectivity index (χ1n) is 10.7. The number of carbonyl (C=O) groups is 2. The van der Waals surface area contributed by atoms with Crippen molar-refractivity contribution in [3.05, 3.63) is 91.1 Å². The van der Waals surface area contributed by atoms with Crippen molar-refractivity contribution < 1.29 is 23.1 Å². The van der Waals surface area contributed by atoms with Gasteiger partial charge in [0, 0.05) is 42.4 Å². The topological polar surface area (TPSA) is 103 Å². The minimum Gasteiger partial charge on any atom is -0.452 e. The van der Waals surface area contributed by atoms with Crippen molar-refractivity contribution in [2.45, 2.75) is 0 Å². The van der Waals surface area contributed by atoms with Crippen molar-refractivity contribution in [2.75, 3.05) is 10.6 Å². The molecule has 0 bridgehead atoms. The number of fused-ring (bicyclic) bond motifs is 1. The maximum absolute atomic E-state index is 14.9. The first-order valence-corrected chi connectivity index (χ1v) is 10.7. The molecule has 5 rings (SSSR count). The van der Waals surface area contributed by atoms with E-state index >= 15 is 0 Å². The average Bonchev–Trinajstić information content (AvgIpc) is 3.51. The van der Waals surface area contributed by atoms with Gasteiger partial charge in [-0.1, -0.05) is 0 Å². The van der Waals surface area contributed by atoms with Crippen molar-refractivity contribution in [2.24, 2.45) is 7.05 Å². The fraction of sp³-hybridized carbons (Fsp3) is 0.0400. The predicted molar refractivity (Wildman–Crippen MR) is 128 cm³/mol. The summed E-state index contributed by atoms with van der Waals surface area (Å²) < 4.78 is 37.1. The molecule has 3 aromatic heterocycles. The summed E-state index contributed by atoms with van der Waals surface area (Å²) >= 11 is 0. The molecule has 9 nitrogen and oxygen atoms in total. The number of pyridine rings is 1. The van der Waals surface area contributed by atoms with Crippen LogP contribution in [0.15, 0.2) is 79.5 Å². The highest BCUT2D eigenvalue weighted by Gasteiger charge is 2.17. The van der Waals surface area contributed by atoms with Gasteiger partial charge in [-0.15, -0.1) is 0 Å². The Balaban J connectivity index is 1.33. The molecule has 0 atom stereocenters. The predicted octanol–water partition coefficient (Wildman–Crippen LogP) is 4.38. The van der Waals surface area contributed by atoms with E-state index in [-0.39, 0.29) is 17.1 Å². The van der Waals surface area contributed by atoms with Gasteiger partial charge in [0.25, 0.3) is 0 Å². The van der Waals surface area contributed by atoms with Gasteiger partial charge in [-0.3, -0.25) is 9.59 Å². The second kappa shape index (κ2) is 9.29. The molecule has 0 unspecified atom stereocenters. The van der Waals surface area contributed by atoms with Crippen LogP contribution in [0.3, 0.4) is 0 Å². The van der Waals surface area contributed by atoms with Crippen LogP contribution < -0.4 is 15.4 Å². The normalized spacial score (nSPS) is 10.9. The lowest BCUT2D eigenvalue weighted by molar-refractivity contribution is -0.133. The Morgan fingerprint density at radius 3 is 2.31 bits per heavy atom. The number of ether oxygens (including phenoxy) is 1. The smallest absolute Gasteiger partial charge is 0.314 e. The molecule has 0 spiro atoms. The van der Waals surface area contributed by atoms with Gasteiger partial charge in [0.1, 0.15) is 11.3 Å². The number of halogens is 2. The summed E-state index contributed by atoms with van der Waals surface area (Å²) in [5.41, 5.74) is 2.32. The molecule has 0 saturated carbocycles. The monoisotopic (exact) mass is 488 g/mol. The number of benzene rings is 2. The number of hydrogen-bond donors (Lipinski definition) is 2. The third kappa shape index (κ3) is 4.75. The van der Waals surface area contributed by atoms with E-state index in [0.29, 0.717) is 17.0 Å². The number of nitrogens with zero attached hydrogens (tertiary/aromatic N) is 4. The fourth-order valence-electron chi connectivity index (χ4n) is 3.47. The van der Waals surface area contributed by atoms with E-state index in [2.05, 4.69) is 20.7 Å². The molecule has 0 fully saturated rings. The molecule has 2 aromatic carbocycles. The summed E-state index contributed by atoms with van der Waals surface area (Å²) in [5, 5.41) is 8.89. The molecule has 180 valence electrons. The van der Waals surface area contributed by atoms with Crippen LogP contribution in [-0.4, -0.2) is 31.0 Å². The molecule has 2 N–H and O–H groups in total. The minimum absolute atomic E-state index is 0.0517. The Labute approximate surface area is 203 Å². The van der Waals surface area contributed by atoms with Gasteiger partial charge < -0.3 is 19.9 Å². The van der Waals surface area contributed by atoms with Crippen molar-refractivity contribution in [3.63, 3.8) is 0 Å². The number of amides is 2. The summed E-state index contributed by atoms with van der Waals surface area (Å²) in [6.07, 6.45) is 6.88. The molecule has 3 heterocycles. The van der Waals surface area contributed by atoms with Gasteiger partial charge >= 0.3 is 11.8 Å². The van der Waals surface area contributed by atoms with Gasteiger partial charge in [-0.2, -0.15) is 5.10 Å². The maximum Gasteiger partial charge on any atom is 0.314 e. The van der Waals surface area contributed by atoms with Crippen LogP contribution in [0.5, 0.6) is 11.5 Å².